The summed E-state index contributed by atoms with van der Waals surface area (Å²) >= 11 is 0. The Morgan fingerprint density at radius 2 is 2.14 bits per heavy atom. The minimum Gasteiger partial charge on any atom is -0.475 e. The van der Waals surface area contributed by atoms with Crippen LogP contribution >= 0.6 is 0 Å². The maximum atomic E-state index is 5.60. The van der Waals surface area contributed by atoms with E-state index in [0.717, 1.165) is 31.0 Å². The molecule has 0 aliphatic heterocycles. The van der Waals surface area contributed by atoms with Crippen molar-refractivity contribution in [2.75, 3.05) is 33.4 Å². The Kier molecular flexibility index (Phi) is 8.95. The lowest BCUT2D eigenvalue weighted by Crippen LogP contribution is -2.37. The first-order valence-electron chi connectivity index (χ1n) is 7.39. The molecule has 6 heteroatoms. The van der Waals surface area contributed by atoms with E-state index in [1.54, 1.807) is 13.3 Å². The van der Waals surface area contributed by atoms with E-state index in [2.05, 4.69) is 27.5 Å². The van der Waals surface area contributed by atoms with Crippen molar-refractivity contribution in [3.8, 4) is 5.88 Å². The number of aromatic nitrogens is 1. The van der Waals surface area contributed by atoms with Crippen molar-refractivity contribution in [1.82, 2.24) is 15.6 Å². The number of rotatable bonds is 9. The molecule has 0 fully saturated rings. The standard InChI is InChI=1S/C15H26N4O2/c1-4-8-18-15(16-5-2)19-12-13-7-6-9-17-14(13)21-11-10-20-3/h6-7,9H,4-5,8,10-12H2,1-3H3,(H2,16,18,19). The monoisotopic (exact) mass is 294 g/mol. The van der Waals surface area contributed by atoms with Crippen LogP contribution in [0.1, 0.15) is 25.8 Å². The highest BCUT2D eigenvalue weighted by Crippen LogP contribution is 2.15. The van der Waals surface area contributed by atoms with E-state index in [1.807, 2.05) is 19.1 Å². The molecule has 0 amide bonds. The molecule has 1 rings (SSSR count). The maximum absolute atomic E-state index is 5.60. The Bertz CT molecular complexity index is 424. The molecule has 0 aliphatic rings. The fourth-order valence-electron chi connectivity index (χ4n) is 1.65. The SMILES string of the molecule is CCCNC(=NCc1cccnc1OCCOC)NCC. The molecule has 0 saturated carbocycles. The summed E-state index contributed by atoms with van der Waals surface area (Å²) in [6.45, 7) is 7.45. The minimum atomic E-state index is 0.485. The number of hydrogen-bond donors (Lipinski definition) is 2. The molecule has 0 radical (unpaired) electrons. The van der Waals surface area contributed by atoms with Gasteiger partial charge in [-0.05, 0) is 19.4 Å². The van der Waals surface area contributed by atoms with Crippen LogP contribution in [-0.2, 0) is 11.3 Å². The lowest BCUT2D eigenvalue weighted by Gasteiger charge is -2.11. The molecule has 118 valence electrons. The summed E-state index contributed by atoms with van der Waals surface area (Å²) in [5, 5.41) is 6.49. The summed E-state index contributed by atoms with van der Waals surface area (Å²) in [4.78, 5) is 8.80. The average Bonchev–Trinajstić information content (AvgIpc) is 2.51. The molecular weight excluding hydrogens is 268 g/mol. The zero-order chi connectivity index (χ0) is 15.3. The smallest absolute Gasteiger partial charge is 0.218 e. The second kappa shape index (κ2) is 10.9. The number of aliphatic imine (C=N–C) groups is 1. The first-order chi connectivity index (χ1) is 10.3. The van der Waals surface area contributed by atoms with Crippen molar-refractivity contribution in [3.63, 3.8) is 0 Å². The normalized spacial score (nSPS) is 11.3. The molecule has 0 unspecified atom stereocenters. The molecule has 0 atom stereocenters. The lowest BCUT2D eigenvalue weighted by atomic mass is 10.3. The number of pyridine rings is 1. The quantitative estimate of drug-likeness (QED) is 0.411. The highest BCUT2D eigenvalue weighted by molar-refractivity contribution is 5.79. The van der Waals surface area contributed by atoms with Gasteiger partial charge in [-0.2, -0.15) is 0 Å². The highest BCUT2D eigenvalue weighted by atomic mass is 16.5. The van der Waals surface area contributed by atoms with Gasteiger partial charge in [0.2, 0.25) is 5.88 Å². The molecule has 0 saturated heterocycles. The van der Waals surface area contributed by atoms with Gasteiger partial charge in [0.15, 0.2) is 5.96 Å². The molecule has 2 N–H and O–H groups in total. The maximum Gasteiger partial charge on any atom is 0.218 e. The van der Waals surface area contributed by atoms with Gasteiger partial charge in [-0.3, -0.25) is 0 Å². The van der Waals surface area contributed by atoms with Gasteiger partial charge in [0.1, 0.15) is 6.61 Å². The molecule has 1 aromatic heterocycles. The van der Waals surface area contributed by atoms with Crippen LogP contribution < -0.4 is 15.4 Å². The third-order valence-electron chi connectivity index (χ3n) is 2.67. The molecule has 0 bridgehead atoms. The van der Waals surface area contributed by atoms with E-state index >= 15 is 0 Å². The van der Waals surface area contributed by atoms with Crippen LogP contribution in [0, 0.1) is 0 Å². The molecule has 0 aliphatic carbocycles. The zero-order valence-corrected chi connectivity index (χ0v) is 13.2. The van der Waals surface area contributed by atoms with Crippen molar-refractivity contribution < 1.29 is 9.47 Å². The Labute approximate surface area is 127 Å². The Morgan fingerprint density at radius 3 is 2.86 bits per heavy atom. The molecule has 1 aromatic rings. The Balaban J connectivity index is 2.66. The van der Waals surface area contributed by atoms with Gasteiger partial charge in [0.25, 0.3) is 0 Å². The number of ether oxygens (including phenoxy) is 2. The molecule has 6 nitrogen and oxygen atoms in total. The van der Waals surface area contributed by atoms with Crippen LogP contribution in [0.3, 0.4) is 0 Å². The number of nitrogens with zero attached hydrogens (tertiary/aromatic N) is 2. The summed E-state index contributed by atoms with van der Waals surface area (Å²) in [6.07, 6.45) is 2.78. The van der Waals surface area contributed by atoms with Gasteiger partial charge >= 0.3 is 0 Å². The van der Waals surface area contributed by atoms with E-state index in [9.17, 15) is 0 Å². The van der Waals surface area contributed by atoms with Crippen LogP contribution in [0.4, 0.5) is 0 Å². The summed E-state index contributed by atoms with van der Waals surface area (Å²) in [7, 11) is 1.65. The number of nitrogens with one attached hydrogen (secondary N) is 2. The van der Waals surface area contributed by atoms with Crippen molar-refractivity contribution >= 4 is 5.96 Å². The number of methoxy groups -OCH3 is 1. The summed E-state index contributed by atoms with van der Waals surface area (Å²) in [5.74, 6) is 1.43. The third-order valence-corrected chi connectivity index (χ3v) is 2.67. The van der Waals surface area contributed by atoms with Crippen LogP contribution in [0.15, 0.2) is 23.3 Å². The first-order valence-corrected chi connectivity index (χ1v) is 7.39. The Morgan fingerprint density at radius 1 is 1.29 bits per heavy atom. The molecule has 21 heavy (non-hydrogen) atoms. The fraction of sp³-hybridized carbons (Fsp3) is 0.600. The second-order valence-corrected chi connectivity index (χ2v) is 4.43. The highest BCUT2D eigenvalue weighted by Gasteiger charge is 2.04. The van der Waals surface area contributed by atoms with Crippen molar-refractivity contribution in [3.05, 3.63) is 23.9 Å². The van der Waals surface area contributed by atoms with Gasteiger partial charge in [-0.25, -0.2) is 9.98 Å². The van der Waals surface area contributed by atoms with E-state index in [0.29, 0.717) is 25.6 Å². The van der Waals surface area contributed by atoms with Crippen LogP contribution in [-0.4, -0.2) is 44.4 Å². The van der Waals surface area contributed by atoms with Crippen molar-refractivity contribution in [1.29, 1.82) is 0 Å². The second-order valence-electron chi connectivity index (χ2n) is 4.43. The Hall–Kier alpha value is -1.82. The van der Waals surface area contributed by atoms with Gasteiger partial charge in [0, 0.05) is 32.0 Å². The van der Waals surface area contributed by atoms with Crippen molar-refractivity contribution in [2.45, 2.75) is 26.8 Å². The van der Waals surface area contributed by atoms with E-state index in [1.165, 1.54) is 0 Å². The zero-order valence-electron chi connectivity index (χ0n) is 13.2. The molecule has 0 spiro atoms. The fourth-order valence-corrected chi connectivity index (χ4v) is 1.65. The van der Waals surface area contributed by atoms with E-state index in [4.69, 9.17) is 9.47 Å². The lowest BCUT2D eigenvalue weighted by molar-refractivity contribution is 0.143. The molecule has 0 aromatic carbocycles. The van der Waals surface area contributed by atoms with Gasteiger partial charge in [-0.1, -0.05) is 13.0 Å². The van der Waals surface area contributed by atoms with Gasteiger partial charge in [-0.15, -0.1) is 0 Å². The average molecular weight is 294 g/mol. The number of hydrogen-bond acceptors (Lipinski definition) is 4. The van der Waals surface area contributed by atoms with Crippen LogP contribution in [0.2, 0.25) is 0 Å². The van der Waals surface area contributed by atoms with Crippen LogP contribution in [0.25, 0.3) is 0 Å². The minimum absolute atomic E-state index is 0.485. The number of guanidine groups is 1. The van der Waals surface area contributed by atoms with Crippen molar-refractivity contribution in [2.24, 2.45) is 4.99 Å². The van der Waals surface area contributed by atoms with E-state index in [-0.39, 0.29) is 0 Å². The third kappa shape index (κ3) is 6.94. The topological polar surface area (TPSA) is 67.8 Å². The summed E-state index contributed by atoms with van der Waals surface area (Å²) < 4.78 is 10.6. The summed E-state index contributed by atoms with van der Waals surface area (Å²) in [5.41, 5.74) is 0.960. The van der Waals surface area contributed by atoms with Crippen LogP contribution in [0.5, 0.6) is 5.88 Å². The predicted molar refractivity (Wildman–Crippen MR) is 84.7 cm³/mol. The first kappa shape index (κ1) is 17.2. The van der Waals surface area contributed by atoms with Gasteiger partial charge < -0.3 is 20.1 Å². The molecular formula is C15H26N4O2. The van der Waals surface area contributed by atoms with E-state index < -0.39 is 0 Å². The van der Waals surface area contributed by atoms with Gasteiger partial charge in [0.05, 0.1) is 13.2 Å². The summed E-state index contributed by atoms with van der Waals surface area (Å²) in [6, 6.07) is 3.86. The largest absolute Gasteiger partial charge is 0.475 e. The molecule has 1 heterocycles. The predicted octanol–water partition coefficient (Wildman–Crippen LogP) is 1.57.